The smallest absolute Gasteiger partial charge is 0.314 e. The molecule has 6 nitrogen and oxygen atoms in total. The average molecular weight is 272 g/mol. The van der Waals surface area contributed by atoms with Crippen molar-refractivity contribution in [1.29, 1.82) is 0 Å². The number of carbonyl (C=O) groups is 2. The van der Waals surface area contributed by atoms with Crippen LogP contribution in [0.2, 0.25) is 0 Å². The van der Waals surface area contributed by atoms with E-state index >= 15 is 0 Å². The van der Waals surface area contributed by atoms with Crippen LogP contribution in [0.15, 0.2) is 36.7 Å². The third-order valence-corrected chi connectivity index (χ3v) is 2.73. The molecular formula is C14H16N4O2. The SMILES string of the molecule is CCn1cc(NC(=O)C(=O)Nc2ccc(C)cc2)cn1. The fourth-order valence-electron chi connectivity index (χ4n) is 1.61. The van der Waals surface area contributed by atoms with Gasteiger partial charge in [0.2, 0.25) is 0 Å². The van der Waals surface area contributed by atoms with Gasteiger partial charge in [0.05, 0.1) is 11.9 Å². The maximum Gasteiger partial charge on any atom is 0.314 e. The van der Waals surface area contributed by atoms with Crippen LogP contribution in [0.5, 0.6) is 0 Å². The van der Waals surface area contributed by atoms with Crippen molar-refractivity contribution in [3.05, 3.63) is 42.2 Å². The van der Waals surface area contributed by atoms with Gasteiger partial charge in [0, 0.05) is 18.4 Å². The number of nitrogens with zero attached hydrogens (tertiary/aromatic N) is 2. The van der Waals surface area contributed by atoms with Gasteiger partial charge in [-0.1, -0.05) is 17.7 Å². The molecule has 1 heterocycles. The van der Waals surface area contributed by atoms with E-state index < -0.39 is 11.8 Å². The van der Waals surface area contributed by atoms with E-state index in [0.29, 0.717) is 17.9 Å². The molecule has 0 saturated heterocycles. The minimum Gasteiger partial charge on any atom is -0.318 e. The zero-order chi connectivity index (χ0) is 14.5. The van der Waals surface area contributed by atoms with E-state index in [9.17, 15) is 9.59 Å². The molecule has 0 spiro atoms. The molecule has 2 amide bonds. The highest BCUT2D eigenvalue weighted by atomic mass is 16.2. The van der Waals surface area contributed by atoms with Crippen molar-refractivity contribution < 1.29 is 9.59 Å². The predicted octanol–water partition coefficient (Wildman–Crippen LogP) is 1.79. The van der Waals surface area contributed by atoms with Crippen LogP contribution < -0.4 is 10.6 Å². The van der Waals surface area contributed by atoms with Gasteiger partial charge in [-0.05, 0) is 26.0 Å². The lowest BCUT2D eigenvalue weighted by molar-refractivity contribution is -0.132. The van der Waals surface area contributed by atoms with Crippen molar-refractivity contribution in [2.75, 3.05) is 10.6 Å². The van der Waals surface area contributed by atoms with Crippen molar-refractivity contribution >= 4 is 23.2 Å². The summed E-state index contributed by atoms with van der Waals surface area (Å²) in [6.45, 7) is 4.58. The van der Waals surface area contributed by atoms with Crippen molar-refractivity contribution in [1.82, 2.24) is 9.78 Å². The highest BCUT2D eigenvalue weighted by Crippen LogP contribution is 2.09. The molecule has 1 aromatic heterocycles. The molecular weight excluding hydrogens is 256 g/mol. The quantitative estimate of drug-likeness (QED) is 0.836. The molecule has 2 rings (SSSR count). The van der Waals surface area contributed by atoms with Crippen molar-refractivity contribution in [3.63, 3.8) is 0 Å². The molecule has 104 valence electrons. The standard InChI is InChI=1S/C14H16N4O2/c1-3-18-9-12(8-15-18)17-14(20)13(19)16-11-6-4-10(2)5-7-11/h4-9H,3H2,1-2H3,(H,16,19)(H,17,20). The van der Waals surface area contributed by atoms with E-state index in [-0.39, 0.29) is 0 Å². The summed E-state index contributed by atoms with van der Waals surface area (Å²) in [5, 5.41) is 9.04. The monoisotopic (exact) mass is 272 g/mol. The van der Waals surface area contributed by atoms with Crippen LogP contribution in [0.3, 0.4) is 0 Å². The van der Waals surface area contributed by atoms with Crippen molar-refractivity contribution in [2.45, 2.75) is 20.4 Å². The molecule has 6 heteroatoms. The van der Waals surface area contributed by atoms with Crippen LogP contribution in [-0.2, 0) is 16.1 Å². The van der Waals surface area contributed by atoms with E-state index in [1.165, 1.54) is 6.20 Å². The van der Waals surface area contributed by atoms with Gasteiger partial charge < -0.3 is 10.6 Å². The van der Waals surface area contributed by atoms with Gasteiger partial charge in [-0.3, -0.25) is 14.3 Å². The largest absolute Gasteiger partial charge is 0.318 e. The molecule has 0 fully saturated rings. The van der Waals surface area contributed by atoms with Gasteiger partial charge in [-0.2, -0.15) is 5.10 Å². The Kier molecular flexibility index (Phi) is 4.14. The molecule has 0 unspecified atom stereocenters. The zero-order valence-corrected chi connectivity index (χ0v) is 11.4. The Morgan fingerprint density at radius 3 is 2.25 bits per heavy atom. The van der Waals surface area contributed by atoms with Crippen molar-refractivity contribution in [2.24, 2.45) is 0 Å². The molecule has 20 heavy (non-hydrogen) atoms. The minimum atomic E-state index is -0.721. The summed E-state index contributed by atoms with van der Waals surface area (Å²) in [6.07, 6.45) is 3.16. The van der Waals surface area contributed by atoms with Gasteiger partial charge in [-0.25, -0.2) is 0 Å². The van der Waals surface area contributed by atoms with Crippen LogP contribution in [0.25, 0.3) is 0 Å². The Morgan fingerprint density at radius 2 is 1.70 bits per heavy atom. The third-order valence-electron chi connectivity index (χ3n) is 2.73. The van der Waals surface area contributed by atoms with Gasteiger partial charge >= 0.3 is 11.8 Å². The topological polar surface area (TPSA) is 76.0 Å². The first kappa shape index (κ1) is 13.8. The van der Waals surface area contributed by atoms with E-state index in [0.717, 1.165) is 5.56 Å². The summed E-state index contributed by atoms with van der Waals surface area (Å²) >= 11 is 0. The number of nitrogens with one attached hydrogen (secondary N) is 2. The highest BCUT2D eigenvalue weighted by Gasteiger charge is 2.14. The summed E-state index contributed by atoms with van der Waals surface area (Å²) in [5.74, 6) is -1.43. The van der Waals surface area contributed by atoms with E-state index in [1.807, 2.05) is 26.0 Å². The number of hydrogen-bond acceptors (Lipinski definition) is 3. The van der Waals surface area contributed by atoms with Gasteiger partial charge in [0.15, 0.2) is 0 Å². The minimum absolute atomic E-state index is 0.496. The fraction of sp³-hybridized carbons (Fsp3) is 0.214. The molecule has 0 atom stereocenters. The van der Waals surface area contributed by atoms with Crippen LogP contribution in [0.4, 0.5) is 11.4 Å². The summed E-state index contributed by atoms with van der Waals surface area (Å²) in [4.78, 5) is 23.4. The second-order valence-electron chi connectivity index (χ2n) is 4.36. The first-order valence-corrected chi connectivity index (χ1v) is 6.30. The molecule has 0 radical (unpaired) electrons. The number of aryl methyl sites for hydroxylation is 2. The molecule has 2 aromatic rings. The second kappa shape index (κ2) is 6.01. The van der Waals surface area contributed by atoms with Gasteiger partial charge in [0.1, 0.15) is 0 Å². The number of hydrogen-bond donors (Lipinski definition) is 2. The summed E-state index contributed by atoms with van der Waals surface area (Å²) < 4.78 is 1.66. The molecule has 0 saturated carbocycles. The number of anilines is 2. The average Bonchev–Trinajstić information content (AvgIpc) is 2.89. The van der Waals surface area contributed by atoms with Gasteiger partial charge in [0.25, 0.3) is 0 Å². The second-order valence-corrected chi connectivity index (χ2v) is 4.36. The lowest BCUT2D eigenvalue weighted by Gasteiger charge is -2.05. The Morgan fingerprint density at radius 1 is 1.10 bits per heavy atom. The molecule has 0 bridgehead atoms. The highest BCUT2D eigenvalue weighted by molar-refractivity contribution is 6.43. The van der Waals surface area contributed by atoms with Crippen LogP contribution >= 0.6 is 0 Å². The maximum atomic E-state index is 11.7. The van der Waals surface area contributed by atoms with E-state index in [2.05, 4.69) is 15.7 Å². The summed E-state index contributed by atoms with van der Waals surface area (Å²) in [5.41, 5.74) is 2.16. The normalized spacial score (nSPS) is 10.1. The third kappa shape index (κ3) is 3.44. The fourth-order valence-corrected chi connectivity index (χ4v) is 1.61. The first-order chi connectivity index (χ1) is 9.58. The lowest BCUT2D eigenvalue weighted by Crippen LogP contribution is -2.28. The number of carbonyl (C=O) groups excluding carboxylic acids is 2. The lowest BCUT2D eigenvalue weighted by atomic mass is 10.2. The zero-order valence-electron chi connectivity index (χ0n) is 11.4. The molecule has 0 aliphatic heterocycles. The number of rotatable bonds is 3. The summed E-state index contributed by atoms with van der Waals surface area (Å²) in [7, 11) is 0. The Bertz CT molecular complexity index is 616. The summed E-state index contributed by atoms with van der Waals surface area (Å²) in [6, 6.07) is 7.21. The van der Waals surface area contributed by atoms with E-state index in [1.54, 1.807) is 23.0 Å². The molecule has 1 aromatic carbocycles. The van der Waals surface area contributed by atoms with Crippen LogP contribution in [-0.4, -0.2) is 21.6 Å². The Labute approximate surface area is 116 Å². The Hall–Kier alpha value is -2.63. The van der Waals surface area contributed by atoms with Crippen molar-refractivity contribution in [3.8, 4) is 0 Å². The van der Waals surface area contributed by atoms with E-state index in [4.69, 9.17) is 0 Å². The number of benzene rings is 1. The number of aromatic nitrogens is 2. The van der Waals surface area contributed by atoms with Crippen LogP contribution in [0, 0.1) is 6.92 Å². The molecule has 0 aliphatic carbocycles. The first-order valence-electron chi connectivity index (χ1n) is 6.30. The Balaban J connectivity index is 1.95. The van der Waals surface area contributed by atoms with Crippen LogP contribution in [0.1, 0.15) is 12.5 Å². The molecule has 2 N–H and O–H groups in total. The van der Waals surface area contributed by atoms with Gasteiger partial charge in [-0.15, -0.1) is 0 Å². The predicted molar refractivity (Wildman–Crippen MR) is 76.3 cm³/mol. The molecule has 0 aliphatic rings. The number of amides is 2. The maximum absolute atomic E-state index is 11.7.